The zero-order valence-electron chi connectivity index (χ0n) is 9.95. The topological polar surface area (TPSA) is 44.1 Å². The van der Waals surface area contributed by atoms with Crippen LogP contribution in [0.15, 0.2) is 0 Å². The molecule has 1 aliphatic rings. The molecule has 1 fully saturated rings. The predicted molar refractivity (Wildman–Crippen MR) is 67.2 cm³/mol. The van der Waals surface area contributed by atoms with E-state index in [1.54, 1.807) is 23.7 Å². The highest BCUT2D eigenvalue weighted by Crippen LogP contribution is 2.28. The number of carbonyl (C=O) groups is 1. The van der Waals surface area contributed by atoms with Gasteiger partial charge < -0.3 is 4.90 Å². The first kappa shape index (κ1) is 13.4. The van der Waals surface area contributed by atoms with E-state index in [1.165, 1.54) is 32.1 Å². The van der Waals surface area contributed by atoms with Gasteiger partial charge in [0.2, 0.25) is 5.91 Å². The largest absolute Gasteiger partial charge is 0.344 e. The van der Waals surface area contributed by atoms with Gasteiger partial charge in [-0.05, 0) is 12.8 Å². The lowest BCUT2D eigenvalue weighted by Gasteiger charge is -2.22. The number of rotatable bonds is 5. The monoisotopic (exact) mass is 240 g/mol. The average molecular weight is 240 g/mol. The first-order valence-corrected chi connectivity index (χ1v) is 7.01. The van der Waals surface area contributed by atoms with Gasteiger partial charge in [0.1, 0.15) is 0 Å². The van der Waals surface area contributed by atoms with Crippen LogP contribution in [0.4, 0.5) is 0 Å². The van der Waals surface area contributed by atoms with Gasteiger partial charge in [0.25, 0.3) is 0 Å². The van der Waals surface area contributed by atoms with Crippen LogP contribution in [0.2, 0.25) is 0 Å². The van der Waals surface area contributed by atoms with Crippen LogP contribution in [0.25, 0.3) is 0 Å². The number of thioether (sulfide) groups is 1. The molecule has 0 aromatic heterocycles. The molecular formula is C12H20N2OS. The first-order chi connectivity index (χ1) is 7.74. The number of amides is 1. The van der Waals surface area contributed by atoms with Crippen molar-refractivity contribution < 1.29 is 4.79 Å². The van der Waals surface area contributed by atoms with Crippen LogP contribution in [0, 0.1) is 11.3 Å². The minimum atomic E-state index is 0.158. The van der Waals surface area contributed by atoms with Crippen molar-refractivity contribution in [1.29, 1.82) is 5.26 Å². The number of hydrogen-bond acceptors (Lipinski definition) is 3. The molecule has 0 aliphatic heterocycles. The van der Waals surface area contributed by atoms with Gasteiger partial charge in [-0.1, -0.05) is 19.3 Å². The summed E-state index contributed by atoms with van der Waals surface area (Å²) in [5.41, 5.74) is 0. The van der Waals surface area contributed by atoms with Crippen molar-refractivity contribution in [3.05, 3.63) is 0 Å². The van der Waals surface area contributed by atoms with Crippen LogP contribution in [0.3, 0.4) is 0 Å². The molecule has 0 saturated heterocycles. The quantitative estimate of drug-likeness (QED) is 0.741. The molecule has 16 heavy (non-hydrogen) atoms. The standard InChI is InChI=1S/C12H20N2OS/c1-14(9-5-8-13)12(15)10-16-11-6-3-2-4-7-11/h11H,2-7,9-10H2,1H3. The molecule has 0 bridgehead atoms. The molecule has 1 saturated carbocycles. The predicted octanol–water partition coefficient (Wildman–Crippen LogP) is 2.42. The third-order valence-electron chi connectivity index (χ3n) is 2.98. The van der Waals surface area contributed by atoms with Crippen molar-refractivity contribution in [2.24, 2.45) is 0 Å². The average Bonchev–Trinajstić information content (AvgIpc) is 2.34. The van der Waals surface area contributed by atoms with E-state index < -0.39 is 0 Å². The summed E-state index contributed by atoms with van der Waals surface area (Å²) in [6.45, 7) is 0.556. The number of carbonyl (C=O) groups excluding carboxylic acids is 1. The number of nitrogens with zero attached hydrogens (tertiary/aromatic N) is 2. The van der Waals surface area contributed by atoms with Gasteiger partial charge in [0, 0.05) is 18.8 Å². The Morgan fingerprint density at radius 3 is 2.75 bits per heavy atom. The van der Waals surface area contributed by atoms with Crippen LogP contribution in [-0.2, 0) is 4.79 Å². The summed E-state index contributed by atoms with van der Waals surface area (Å²) in [6.07, 6.45) is 6.94. The number of nitriles is 1. The molecule has 0 atom stereocenters. The van der Waals surface area contributed by atoms with Gasteiger partial charge in [-0.25, -0.2) is 0 Å². The second-order valence-electron chi connectivity index (χ2n) is 4.29. The summed E-state index contributed by atoms with van der Waals surface area (Å²) < 4.78 is 0. The van der Waals surface area contributed by atoms with E-state index in [-0.39, 0.29) is 5.91 Å². The Morgan fingerprint density at radius 2 is 2.12 bits per heavy atom. The normalized spacial score (nSPS) is 16.8. The zero-order valence-corrected chi connectivity index (χ0v) is 10.8. The van der Waals surface area contributed by atoms with Gasteiger partial charge in [-0.2, -0.15) is 5.26 Å². The zero-order chi connectivity index (χ0) is 11.8. The fourth-order valence-corrected chi connectivity index (χ4v) is 3.14. The lowest BCUT2D eigenvalue weighted by Crippen LogP contribution is -2.30. The third kappa shape index (κ3) is 4.89. The van der Waals surface area contributed by atoms with Gasteiger partial charge in [0.15, 0.2) is 0 Å². The van der Waals surface area contributed by atoms with E-state index in [4.69, 9.17) is 5.26 Å². The highest BCUT2D eigenvalue weighted by atomic mass is 32.2. The number of hydrogen-bond donors (Lipinski definition) is 0. The van der Waals surface area contributed by atoms with Crippen molar-refractivity contribution in [2.45, 2.75) is 43.8 Å². The van der Waals surface area contributed by atoms with Crippen LogP contribution in [0.5, 0.6) is 0 Å². The molecule has 0 spiro atoms. The highest BCUT2D eigenvalue weighted by Gasteiger charge is 2.16. The highest BCUT2D eigenvalue weighted by molar-refractivity contribution is 8.00. The third-order valence-corrected chi connectivity index (χ3v) is 4.34. The molecule has 0 N–H and O–H groups in total. The molecule has 4 heteroatoms. The molecule has 0 radical (unpaired) electrons. The van der Waals surface area contributed by atoms with Crippen LogP contribution in [-0.4, -0.2) is 35.4 Å². The molecular weight excluding hydrogens is 220 g/mol. The molecule has 1 rings (SSSR count). The van der Waals surface area contributed by atoms with E-state index in [9.17, 15) is 4.79 Å². The molecule has 0 aromatic carbocycles. The SMILES string of the molecule is CN(CCC#N)C(=O)CSC1CCCCC1. The van der Waals surface area contributed by atoms with Crippen molar-refractivity contribution in [2.75, 3.05) is 19.3 Å². The molecule has 1 aliphatic carbocycles. The van der Waals surface area contributed by atoms with Crippen LogP contribution >= 0.6 is 11.8 Å². The van der Waals surface area contributed by atoms with Crippen molar-refractivity contribution >= 4 is 17.7 Å². The Balaban J connectivity index is 2.15. The van der Waals surface area contributed by atoms with E-state index >= 15 is 0 Å². The Morgan fingerprint density at radius 1 is 1.44 bits per heavy atom. The van der Waals surface area contributed by atoms with Crippen molar-refractivity contribution in [1.82, 2.24) is 4.90 Å². The molecule has 1 amide bonds. The van der Waals surface area contributed by atoms with Crippen LogP contribution < -0.4 is 0 Å². The minimum Gasteiger partial charge on any atom is -0.344 e. The summed E-state index contributed by atoms with van der Waals surface area (Å²) in [7, 11) is 1.78. The van der Waals surface area contributed by atoms with Gasteiger partial charge >= 0.3 is 0 Å². The van der Waals surface area contributed by atoms with E-state index in [1.807, 2.05) is 0 Å². The summed E-state index contributed by atoms with van der Waals surface area (Å²) in [4.78, 5) is 13.4. The first-order valence-electron chi connectivity index (χ1n) is 5.96. The van der Waals surface area contributed by atoms with Crippen LogP contribution in [0.1, 0.15) is 38.5 Å². The second-order valence-corrected chi connectivity index (χ2v) is 5.58. The maximum Gasteiger partial charge on any atom is 0.232 e. The van der Waals surface area contributed by atoms with E-state index in [2.05, 4.69) is 6.07 Å². The second kappa shape index (κ2) is 7.56. The fourth-order valence-electron chi connectivity index (χ4n) is 1.87. The van der Waals surface area contributed by atoms with E-state index in [0.29, 0.717) is 24.0 Å². The van der Waals surface area contributed by atoms with Gasteiger partial charge in [-0.15, -0.1) is 11.8 Å². The maximum absolute atomic E-state index is 11.7. The lowest BCUT2D eigenvalue weighted by atomic mass is 10.0. The maximum atomic E-state index is 11.7. The molecule has 0 aromatic rings. The Kier molecular flexibility index (Phi) is 6.32. The van der Waals surface area contributed by atoms with E-state index in [0.717, 1.165) is 0 Å². The minimum absolute atomic E-state index is 0.158. The summed E-state index contributed by atoms with van der Waals surface area (Å²) >= 11 is 1.79. The Bertz CT molecular complexity index is 256. The van der Waals surface area contributed by atoms with Crippen molar-refractivity contribution in [3.63, 3.8) is 0 Å². The summed E-state index contributed by atoms with van der Waals surface area (Å²) in [5, 5.41) is 9.12. The van der Waals surface area contributed by atoms with Gasteiger partial charge in [0.05, 0.1) is 18.2 Å². The lowest BCUT2D eigenvalue weighted by molar-refractivity contribution is -0.127. The molecule has 0 heterocycles. The summed E-state index contributed by atoms with van der Waals surface area (Å²) in [6, 6.07) is 2.06. The van der Waals surface area contributed by atoms with Crippen molar-refractivity contribution in [3.8, 4) is 6.07 Å². The van der Waals surface area contributed by atoms with Gasteiger partial charge in [-0.3, -0.25) is 4.79 Å². The molecule has 0 unspecified atom stereocenters. The smallest absolute Gasteiger partial charge is 0.232 e. The summed E-state index contributed by atoms with van der Waals surface area (Å²) in [5.74, 6) is 0.734. The Hall–Kier alpha value is -0.690. The molecule has 3 nitrogen and oxygen atoms in total. The molecule has 90 valence electrons. The fraction of sp³-hybridized carbons (Fsp3) is 0.833. The Labute approximate surface area is 102 Å².